The minimum atomic E-state index is 0.430. The molecule has 0 amide bonds. The van der Waals surface area contributed by atoms with E-state index in [1.807, 2.05) is 37.8 Å². The minimum absolute atomic E-state index is 0.430. The van der Waals surface area contributed by atoms with Gasteiger partial charge in [0.05, 0.1) is 5.52 Å². The van der Waals surface area contributed by atoms with Crippen molar-refractivity contribution in [3.05, 3.63) is 40.8 Å². The summed E-state index contributed by atoms with van der Waals surface area (Å²) in [5, 5.41) is 11.5. The van der Waals surface area contributed by atoms with Gasteiger partial charge in [-0.2, -0.15) is 4.98 Å². The monoisotopic (exact) mass is 382 g/mol. The number of hydrogen-bond donors (Lipinski definition) is 2. The topological polar surface area (TPSA) is 66.0 Å². The molecular formula is C20H26N6S. The standard InChI is InChI=1S/C20H26N6S/c1-26(2)19-16-5-3-4-6-17(16)24-20(25-19)23-15-9-7-14(8-10-15)22-13-18-21-11-12-27-18/h3-6,11-12,14-15,22H,7-10,13H2,1-2H3,(H,23,24,25). The first-order valence-electron chi connectivity index (χ1n) is 9.51. The summed E-state index contributed by atoms with van der Waals surface area (Å²) in [6.07, 6.45) is 6.45. The highest BCUT2D eigenvalue weighted by Crippen LogP contribution is 2.26. The Morgan fingerprint density at radius 3 is 2.59 bits per heavy atom. The summed E-state index contributed by atoms with van der Waals surface area (Å²) in [5.74, 6) is 1.69. The summed E-state index contributed by atoms with van der Waals surface area (Å²) >= 11 is 1.71. The van der Waals surface area contributed by atoms with Crippen molar-refractivity contribution in [2.45, 2.75) is 44.3 Å². The van der Waals surface area contributed by atoms with Crippen LogP contribution >= 0.6 is 11.3 Å². The first-order valence-corrected chi connectivity index (χ1v) is 10.4. The maximum absolute atomic E-state index is 4.76. The van der Waals surface area contributed by atoms with E-state index in [9.17, 15) is 0 Å². The van der Waals surface area contributed by atoms with E-state index in [4.69, 9.17) is 9.97 Å². The minimum Gasteiger partial charge on any atom is -0.362 e. The van der Waals surface area contributed by atoms with Gasteiger partial charge in [-0.3, -0.25) is 0 Å². The van der Waals surface area contributed by atoms with Gasteiger partial charge in [0, 0.05) is 49.7 Å². The van der Waals surface area contributed by atoms with Crippen LogP contribution < -0.4 is 15.5 Å². The quantitative estimate of drug-likeness (QED) is 0.678. The van der Waals surface area contributed by atoms with Crippen LogP contribution in [0.25, 0.3) is 10.9 Å². The van der Waals surface area contributed by atoms with Crippen molar-refractivity contribution in [1.82, 2.24) is 20.3 Å². The molecule has 0 atom stereocenters. The van der Waals surface area contributed by atoms with E-state index in [1.54, 1.807) is 11.3 Å². The van der Waals surface area contributed by atoms with Gasteiger partial charge in [-0.05, 0) is 37.8 Å². The molecule has 1 aliphatic carbocycles. The van der Waals surface area contributed by atoms with Gasteiger partial charge in [0.25, 0.3) is 0 Å². The van der Waals surface area contributed by atoms with Crippen molar-refractivity contribution in [2.75, 3.05) is 24.3 Å². The Hall–Kier alpha value is -2.25. The van der Waals surface area contributed by atoms with Crippen LogP contribution in [0.3, 0.4) is 0 Å². The number of aromatic nitrogens is 3. The highest BCUT2D eigenvalue weighted by atomic mass is 32.1. The van der Waals surface area contributed by atoms with Crippen LogP contribution in [0.15, 0.2) is 35.8 Å². The Morgan fingerprint density at radius 2 is 1.85 bits per heavy atom. The van der Waals surface area contributed by atoms with Gasteiger partial charge in [-0.15, -0.1) is 11.3 Å². The zero-order chi connectivity index (χ0) is 18.6. The van der Waals surface area contributed by atoms with Gasteiger partial charge in [-0.1, -0.05) is 12.1 Å². The lowest BCUT2D eigenvalue weighted by Gasteiger charge is -2.30. The highest BCUT2D eigenvalue weighted by molar-refractivity contribution is 7.09. The van der Waals surface area contributed by atoms with Crippen LogP contribution in [0.1, 0.15) is 30.7 Å². The van der Waals surface area contributed by atoms with E-state index in [0.29, 0.717) is 12.1 Å². The number of rotatable bonds is 6. The van der Waals surface area contributed by atoms with Crippen molar-refractivity contribution >= 4 is 34.0 Å². The van der Waals surface area contributed by atoms with E-state index in [0.717, 1.165) is 59.9 Å². The number of hydrogen-bond acceptors (Lipinski definition) is 7. The van der Waals surface area contributed by atoms with Crippen LogP contribution in [-0.2, 0) is 6.54 Å². The molecule has 0 saturated heterocycles. The normalized spacial score (nSPS) is 19.9. The summed E-state index contributed by atoms with van der Waals surface area (Å²) in [6, 6.07) is 9.19. The first kappa shape index (κ1) is 18.1. The molecule has 27 heavy (non-hydrogen) atoms. The average Bonchev–Trinajstić information content (AvgIpc) is 3.20. The van der Waals surface area contributed by atoms with Crippen molar-refractivity contribution < 1.29 is 0 Å². The van der Waals surface area contributed by atoms with E-state index < -0.39 is 0 Å². The Labute approximate surface area is 164 Å². The maximum atomic E-state index is 4.76. The zero-order valence-electron chi connectivity index (χ0n) is 15.9. The van der Waals surface area contributed by atoms with Gasteiger partial charge in [0.1, 0.15) is 10.8 Å². The Morgan fingerprint density at radius 1 is 1.07 bits per heavy atom. The van der Waals surface area contributed by atoms with Crippen LogP contribution in [0.5, 0.6) is 0 Å². The number of nitrogens with zero attached hydrogens (tertiary/aromatic N) is 4. The molecule has 142 valence electrons. The van der Waals surface area contributed by atoms with Gasteiger partial charge < -0.3 is 15.5 Å². The number of thiazole rings is 1. The third kappa shape index (κ3) is 4.36. The molecule has 1 aromatic carbocycles. The van der Waals surface area contributed by atoms with E-state index in [1.165, 1.54) is 0 Å². The number of para-hydroxylation sites is 1. The SMILES string of the molecule is CN(C)c1nc(NC2CCC(NCc3nccs3)CC2)nc2ccccc12. The molecule has 0 bridgehead atoms. The zero-order valence-corrected chi connectivity index (χ0v) is 16.7. The average molecular weight is 383 g/mol. The van der Waals surface area contributed by atoms with Crippen LogP contribution in [0, 0.1) is 0 Å². The van der Waals surface area contributed by atoms with E-state index in [2.05, 4.69) is 32.7 Å². The molecule has 0 spiro atoms. The highest BCUT2D eigenvalue weighted by Gasteiger charge is 2.22. The third-order valence-electron chi connectivity index (χ3n) is 5.09. The molecule has 2 aromatic heterocycles. The molecule has 7 heteroatoms. The molecule has 1 aliphatic rings. The van der Waals surface area contributed by atoms with E-state index in [-0.39, 0.29) is 0 Å². The number of benzene rings is 1. The molecule has 2 N–H and O–H groups in total. The van der Waals surface area contributed by atoms with Gasteiger partial charge in [0.15, 0.2) is 0 Å². The summed E-state index contributed by atoms with van der Waals surface area (Å²) < 4.78 is 0. The second-order valence-electron chi connectivity index (χ2n) is 7.28. The molecule has 0 radical (unpaired) electrons. The Bertz CT molecular complexity index is 871. The predicted octanol–water partition coefficient (Wildman–Crippen LogP) is 3.67. The second kappa shape index (κ2) is 8.19. The lowest BCUT2D eigenvalue weighted by Crippen LogP contribution is -2.36. The predicted molar refractivity (Wildman–Crippen MR) is 112 cm³/mol. The van der Waals surface area contributed by atoms with Crippen LogP contribution in [0.2, 0.25) is 0 Å². The number of nitrogens with one attached hydrogen (secondary N) is 2. The molecule has 4 rings (SSSR count). The van der Waals surface area contributed by atoms with Crippen molar-refractivity contribution in [1.29, 1.82) is 0 Å². The fourth-order valence-corrected chi connectivity index (χ4v) is 4.23. The van der Waals surface area contributed by atoms with Crippen molar-refractivity contribution in [2.24, 2.45) is 0 Å². The largest absolute Gasteiger partial charge is 0.362 e. The Kier molecular flexibility index (Phi) is 5.50. The molecule has 0 unspecified atom stereocenters. The van der Waals surface area contributed by atoms with Gasteiger partial charge in [-0.25, -0.2) is 9.97 Å². The second-order valence-corrected chi connectivity index (χ2v) is 8.26. The number of fused-ring (bicyclic) bond motifs is 1. The van der Waals surface area contributed by atoms with Crippen LogP contribution in [0.4, 0.5) is 11.8 Å². The number of anilines is 2. The van der Waals surface area contributed by atoms with Gasteiger partial charge in [0.2, 0.25) is 5.95 Å². The molecular weight excluding hydrogens is 356 g/mol. The fraction of sp³-hybridized carbons (Fsp3) is 0.450. The van der Waals surface area contributed by atoms with Crippen LogP contribution in [-0.4, -0.2) is 41.1 Å². The lowest BCUT2D eigenvalue weighted by atomic mass is 9.91. The molecule has 6 nitrogen and oxygen atoms in total. The summed E-state index contributed by atoms with van der Waals surface area (Å²) in [4.78, 5) is 15.9. The summed E-state index contributed by atoms with van der Waals surface area (Å²) in [5.41, 5.74) is 0.984. The molecule has 0 aliphatic heterocycles. The van der Waals surface area contributed by atoms with Crippen molar-refractivity contribution in [3.8, 4) is 0 Å². The fourth-order valence-electron chi connectivity index (χ4n) is 3.66. The summed E-state index contributed by atoms with van der Waals surface area (Å²) in [6.45, 7) is 0.875. The molecule has 2 heterocycles. The molecule has 3 aromatic rings. The Balaban J connectivity index is 1.37. The first-order chi connectivity index (χ1) is 13.2. The third-order valence-corrected chi connectivity index (χ3v) is 5.87. The molecule has 1 saturated carbocycles. The molecule has 1 fully saturated rings. The maximum Gasteiger partial charge on any atom is 0.225 e. The van der Waals surface area contributed by atoms with Gasteiger partial charge >= 0.3 is 0 Å². The van der Waals surface area contributed by atoms with Crippen molar-refractivity contribution in [3.63, 3.8) is 0 Å². The lowest BCUT2D eigenvalue weighted by molar-refractivity contribution is 0.352. The smallest absolute Gasteiger partial charge is 0.225 e. The van der Waals surface area contributed by atoms with E-state index >= 15 is 0 Å². The summed E-state index contributed by atoms with van der Waals surface area (Å²) in [7, 11) is 4.05.